The van der Waals surface area contributed by atoms with Crippen molar-refractivity contribution in [2.75, 3.05) is 6.54 Å². The number of ether oxygens (including phenoxy) is 1. The molecule has 0 spiro atoms. The fourth-order valence-electron chi connectivity index (χ4n) is 12.4. The normalized spacial score (nSPS) is 32.8. The van der Waals surface area contributed by atoms with Crippen LogP contribution in [0.5, 0.6) is 0 Å². The largest absolute Gasteiger partial charge is 0.461 e. The molecule has 4 aliphatic carbocycles. The summed E-state index contributed by atoms with van der Waals surface area (Å²) in [6.07, 6.45) is 16.7. The topological polar surface area (TPSA) is 92.8 Å². The Labute approximate surface area is 337 Å². The lowest BCUT2D eigenvalue weighted by Gasteiger charge is -2.58. The number of hydrogen-bond acceptors (Lipinski definition) is 5. The molecule has 1 N–H and O–H groups in total. The van der Waals surface area contributed by atoms with E-state index in [-0.39, 0.29) is 29.4 Å². The van der Waals surface area contributed by atoms with Crippen LogP contribution >= 0.6 is 0 Å². The highest BCUT2D eigenvalue weighted by atomic mass is 32.2. The Morgan fingerprint density at radius 1 is 0.911 bits per heavy atom. The maximum Gasteiger partial charge on any atom is 0.329 e. The first-order chi connectivity index (χ1) is 26.7. The highest BCUT2D eigenvalue weighted by Gasteiger charge is 2.59. The van der Waals surface area contributed by atoms with Gasteiger partial charge >= 0.3 is 5.97 Å². The van der Waals surface area contributed by atoms with Crippen molar-refractivity contribution in [3.05, 3.63) is 77.4 Å². The van der Waals surface area contributed by atoms with Gasteiger partial charge in [-0.05, 0) is 129 Å². The molecule has 2 aromatic carbocycles. The lowest BCUT2D eigenvalue weighted by molar-refractivity contribution is -0.155. The minimum atomic E-state index is -3.88. The number of allylic oxidation sites excluding steroid dienone is 1. The Balaban J connectivity index is 1.02. The number of aryl methyl sites for hydroxylation is 1. The summed E-state index contributed by atoms with van der Waals surface area (Å²) in [7, 11) is -3.88. The van der Waals surface area contributed by atoms with E-state index in [4.69, 9.17) is 4.74 Å². The zero-order valence-corrected chi connectivity index (χ0v) is 35.8. The summed E-state index contributed by atoms with van der Waals surface area (Å²) in [5.74, 6) is 3.76. The van der Waals surface area contributed by atoms with Crippen molar-refractivity contribution in [3.8, 4) is 0 Å². The highest BCUT2D eigenvalue weighted by molar-refractivity contribution is 7.89. The predicted molar refractivity (Wildman–Crippen MR) is 223 cm³/mol. The number of carbonyl (C=O) groups excluding carboxylic acids is 2. The first kappa shape index (κ1) is 41.2. The number of rotatable bonds is 13. The lowest BCUT2D eigenvalue weighted by Crippen LogP contribution is -2.53. The second-order valence-electron chi connectivity index (χ2n) is 19.4. The van der Waals surface area contributed by atoms with E-state index in [1.54, 1.807) is 24.3 Å². The third-order valence-electron chi connectivity index (χ3n) is 15.6. The number of hydrogen-bond donors (Lipinski definition) is 1. The Morgan fingerprint density at radius 3 is 2.39 bits per heavy atom. The number of benzene rings is 2. The third kappa shape index (κ3) is 8.17. The highest BCUT2D eigenvalue weighted by Crippen LogP contribution is 2.67. The summed E-state index contributed by atoms with van der Waals surface area (Å²) in [5.41, 5.74) is 3.93. The van der Waals surface area contributed by atoms with Crippen LogP contribution in [0.2, 0.25) is 0 Å². The van der Waals surface area contributed by atoms with Crippen LogP contribution < -0.4 is 5.32 Å². The predicted octanol–water partition coefficient (Wildman–Crippen LogP) is 9.83. The van der Waals surface area contributed by atoms with E-state index in [1.807, 2.05) is 37.3 Å². The van der Waals surface area contributed by atoms with Gasteiger partial charge in [0.15, 0.2) is 0 Å². The van der Waals surface area contributed by atoms with Gasteiger partial charge in [-0.1, -0.05) is 114 Å². The molecule has 2 aromatic rings. The Bertz CT molecular complexity index is 1840. The Hall–Kier alpha value is -2.97. The molecule has 3 saturated carbocycles. The third-order valence-corrected chi connectivity index (χ3v) is 17.5. The molecule has 0 radical (unpaired) electrons. The number of amides is 1. The molecule has 306 valence electrons. The second kappa shape index (κ2) is 16.7. The maximum absolute atomic E-state index is 14.1. The minimum Gasteiger partial charge on any atom is -0.461 e. The molecule has 7 nitrogen and oxygen atoms in total. The van der Waals surface area contributed by atoms with E-state index in [9.17, 15) is 18.0 Å². The summed E-state index contributed by atoms with van der Waals surface area (Å²) < 4.78 is 35.0. The van der Waals surface area contributed by atoms with Crippen molar-refractivity contribution < 1.29 is 22.7 Å². The van der Waals surface area contributed by atoms with Gasteiger partial charge in [0.25, 0.3) is 0 Å². The molecular weight excluding hydrogens is 717 g/mol. The zero-order valence-electron chi connectivity index (χ0n) is 35.0. The summed E-state index contributed by atoms with van der Waals surface area (Å²) in [6, 6.07) is 14.6. The first-order valence-corrected chi connectivity index (χ1v) is 23.5. The smallest absolute Gasteiger partial charge is 0.329 e. The van der Waals surface area contributed by atoms with Gasteiger partial charge in [0, 0.05) is 19.4 Å². The number of nitrogens with one attached hydrogen (secondary N) is 1. The van der Waals surface area contributed by atoms with E-state index in [1.165, 1.54) is 54.8 Å². The number of fused-ring (bicyclic) bond motifs is 5. The van der Waals surface area contributed by atoms with Crippen molar-refractivity contribution >= 4 is 21.9 Å². The maximum atomic E-state index is 14.1. The monoisotopic (exact) mass is 784 g/mol. The summed E-state index contributed by atoms with van der Waals surface area (Å²) in [6.45, 7) is 14.6. The molecule has 10 atom stereocenters. The molecule has 0 bridgehead atoms. The lowest BCUT2D eigenvalue weighted by atomic mass is 9.47. The number of carbonyl (C=O) groups is 2. The molecule has 1 aliphatic heterocycles. The Kier molecular flexibility index (Phi) is 12.3. The van der Waals surface area contributed by atoms with Crippen LogP contribution in [0.4, 0.5) is 0 Å². The average Bonchev–Trinajstić information content (AvgIpc) is 3.81. The van der Waals surface area contributed by atoms with Gasteiger partial charge in [-0.2, -0.15) is 4.31 Å². The second-order valence-corrected chi connectivity index (χ2v) is 21.3. The molecule has 7 rings (SSSR count). The molecule has 5 aliphatic rings. The van der Waals surface area contributed by atoms with Crippen molar-refractivity contribution in [1.29, 1.82) is 0 Å². The van der Waals surface area contributed by atoms with E-state index in [0.29, 0.717) is 24.2 Å². The number of esters is 1. The molecule has 4 unspecified atom stereocenters. The zero-order chi connectivity index (χ0) is 39.8. The Morgan fingerprint density at radius 2 is 1.66 bits per heavy atom. The van der Waals surface area contributed by atoms with Gasteiger partial charge < -0.3 is 10.1 Å². The van der Waals surface area contributed by atoms with E-state index in [0.717, 1.165) is 66.4 Å². The fourth-order valence-corrected chi connectivity index (χ4v) is 14.1. The summed E-state index contributed by atoms with van der Waals surface area (Å²) >= 11 is 0. The SMILES string of the molecule is Cc1ccc(S(=O)(=O)N2CCC[C@H]2C(=O)N[C@@H](Cc2ccccc2)C(=O)OC2CC[C@@]3(C)C(=CCC4C3CC[C@@]3(C)C4CC[C@@H]3[C@H](C)CCCC(C)C)C2)cc1. The van der Waals surface area contributed by atoms with Crippen molar-refractivity contribution in [2.45, 2.75) is 155 Å². The molecule has 1 heterocycles. The molecule has 1 amide bonds. The van der Waals surface area contributed by atoms with Gasteiger partial charge in [0.1, 0.15) is 18.2 Å². The summed E-state index contributed by atoms with van der Waals surface area (Å²) in [4.78, 5) is 28.2. The van der Waals surface area contributed by atoms with Crippen molar-refractivity contribution in [2.24, 2.45) is 46.3 Å². The van der Waals surface area contributed by atoms with Crippen molar-refractivity contribution in [1.82, 2.24) is 9.62 Å². The van der Waals surface area contributed by atoms with E-state index in [2.05, 4.69) is 46.0 Å². The van der Waals surface area contributed by atoms with Crippen LogP contribution in [0.15, 0.2) is 71.1 Å². The van der Waals surface area contributed by atoms with Crippen LogP contribution in [0.25, 0.3) is 0 Å². The molecule has 8 heteroatoms. The standard InChI is InChI=1S/C48H68N2O5S/c1-32(2)12-10-13-34(4)40-23-24-41-39-22-19-36-31-37(25-27-47(36,5)42(39)26-28-48(40,41)6)55-46(52)43(30-35-14-8-7-9-15-35)49-45(51)44-16-11-29-50(44)56(53,54)38-20-17-33(3)18-21-38/h7-9,14-15,17-21,32,34,37,39-44H,10-13,16,22-31H2,1-6H3,(H,49,51)/t34-,37?,39?,40-,41?,42?,43+,44+,47+,48-/m1/s1. The van der Waals surface area contributed by atoms with Crippen LogP contribution in [0.3, 0.4) is 0 Å². The molecule has 0 aromatic heterocycles. The van der Waals surface area contributed by atoms with Crippen LogP contribution in [0, 0.1) is 53.3 Å². The molecule has 1 saturated heterocycles. The van der Waals surface area contributed by atoms with Crippen LogP contribution in [-0.2, 0) is 30.8 Å². The molecule has 4 fully saturated rings. The first-order valence-electron chi connectivity index (χ1n) is 22.0. The van der Waals surface area contributed by atoms with Gasteiger partial charge in [0.2, 0.25) is 15.9 Å². The van der Waals surface area contributed by atoms with E-state index < -0.39 is 34.0 Å². The van der Waals surface area contributed by atoms with Gasteiger partial charge in [-0.25, -0.2) is 13.2 Å². The summed E-state index contributed by atoms with van der Waals surface area (Å²) in [5, 5.41) is 2.98. The molecular formula is C48H68N2O5S. The number of nitrogens with zero attached hydrogens (tertiary/aromatic N) is 1. The van der Waals surface area contributed by atoms with E-state index >= 15 is 0 Å². The van der Waals surface area contributed by atoms with Crippen LogP contribution in [-0.4, -0.2) is 49.3 Å². The van der Waals surface area contributed by atoms with Gasteiger partial charge in [0.05, 0.1) is 4.90 Å². The number of sulfonamides is 1. The quantitative estimate of drug-likeness (QED) is 0.161. The fraction of sp³-hybridized carbons (Fsp3) is 0.667. The van der Waals surface area contributed by atoms with Crippen molar-refractivity contribution in [3.63, 3.8) is 0 Å². The van der Waals surface area contributed by atoms with Crippen LogP contribution in [0.1, 0.15) is 129 Å². The average molecular weight is 785 g/mol. The van der Waals surface area contributed by atoms with Gasteiger partial charge in [-0.3, -0.25) is 4.79 Å². The minimum absolute atomic E-state index is 0.140. The molecule has 56 heavy (non-hydrogen) atoms. The van der Waals surface area contributed by atoms with Gasteiger partial charge in [-0.15, -0.1) is 0 Å².